The monoisotopic (exact) mass is 260 g/mol. The lowest BCUT2D eigenvalue weighted by molar-refractivity contribution is -0.940. The van der Waals surface area contributed by atoms with E-state index >= 15 is 0 Å². The molecule has 110 valence electrons. The first-order chi connectivity index (χ1) is 8.10. The number of nitrogens with one attached hydrogen (secondary N) is 1. The summed E-state index contributed by atoms with van der Waals surface area (Å²) < 4.78 is 0. The highest BCUT2D eigenvalue weighted by atomic mass is 16.4. The fraction of sp³-hybridized carbons (Fsp3) is 0.929. The highest BCUT2D eigenvalue weighted by Gasteiger charge is 2.17. The van der Waals surface area contributed by atoms with Crippen LogP contribution in [0, 0.1) is 0 Å². The number of nitrogens with two attached hydrogens (primary N) is 1. The van der Waals surface area contributed by atoms with E-state index in [0.29, 0.717) is 6.42 Å². The molecule has 0 aromatic rings. The van der Waals surface area contributed by atoms with Crippen LogP contribution in [0.1, 0.15) is 61.3 Å². The minimum absolute atomic E-state index is 0.468. The molecule has 0 aromatic carbocycles. The van der Waals surface area contributed by atoms with Gasteiger partial charge in [0.2, 0.25) is 0 Å². The van der Waals surface area contributed by atoms with Gasteiger partial charge in [0.05, 0.1) is 30.1 Å². The van der Waals surface area contributed by atoms with E-state index in [1.165, 1.54) is 13.5 Å². The van der Waals surface area contributed by atoms with Crippen molar-refractivity contribution in [2.24, 2.45) is 5.73 Å². The molecule has 4 heteroatoms. The lowest BCUT2D eigenvalue weighted by Gasteiger charge is -2.25. The van der Waals surface area contributed by atoms with E-state index < -0.39 is 11.5 Å². The molecule has 0 bridgehead atoms. The van der Waals surface area contributed by atoms with Crippen LogP contribution < -0.4 is 15.7 Å². The van der Waals surface area contributed by atoms with Crippen LogP contribution in [0.25, 0.3) is 0 Å². The Hall–Kier alpha value is -0.610. The molecule has 1 unspecified atom stereocenters. The van der Waals surface area contributed by atoms with Crippen LogP contribution in [-0.2, 0) is 4.79 Å². The summed E-state index contributed by atoms with van der Waals surface area (Å²) in [6.45, 7) is 15.9. The third-order valence-electron chi connectivity index (χ3n) is 3.13. The average Bonchev–Trinajstić information content (AvgIpc) is 2.17. The molecule has 0 heterocycles. The number of hydrogen-bond acceptors (Lipinski definition) is 3. The molecule has 0 rings (SSSR count). The lowest BCUT2D eigenvalue weighted by atomic mass is 9.98. The average molecular weight is 260 g/mol. The summed E-state index contributed by atoms with van der Waals surface area (Å²) in [7, 11) is 0. The van der Waals surface area contributed by atoms with Gasteiger partial charge in [-0.15, -0.1) is 0 Å². The fourth-order valence-corrected chi connectivity index (χ4v) is 2.10. The third-order valence-corrected chi connectivity index (χ3v) is 3.13. The van der Waals surface area contributed by atoms with E-state index in [0.717, 1.165) is 18.5 Å². The largest absolute Gasteiger partial charge is 0.548 e. The smallest absolute Gasteiger partial charge is 0.0819 e. The first-order valence-corrected chi connectivity index (χ1v) is 6.95. The van der Waals surface area contributed by atoms with Crippen molar-refractivity contribution in [3.05, 3.63) is 0 Å². The molecule has 0 radical (unpaired) electrons. The standard InChI is InChI=1S/C8H19N.C6H13NO2/c1-6-9(7(2)3)8(4)5;1-3-4-6(2,7)5(8)9/h7-8H,6H2,1-5H3;3-4,7H2,1-2H3,(H,8,9). The number of carbonyl (C=O) groups excluding carboxylic acids is 1. The van der Waals surface area contributed by atoms with Gasteiger partial charge in [0.25, 0.3) is 0 Å². The fourth-order valence-electron chi connectivity index (χ4n) is 2.10. The van der Waals surface area contributed by atoms with Gasteiger partial charge in [-0.25, -0.2) is 0 Å². The van der Waals surface area contributed by atoms with E-state index in [2.05, 4.69) is 34.6 Å². The molecule has 0 aliphatic rings. The Kier molecular flexibility index (Phi) is 10.2. The van der Waals surface area contributed by atoms with Crippen LogP contribution in [0.15, 0.2) is 0 Å². The van der Waals surface area contributed by atoms with Gasteiger partial charge in [0.15, 0.2) is 0 Å². The van der Waals surface area contributed by atoms with Gasteiger partial charge < -0.3 is 20.5 Å². The van der Waals surface area contributed by atoms with Gasteiger partial charge in [0.1, 0.15) is 0 Å². The van der Waals surface area contributed by atoms with Gasteiger partial charge in [-0.05, 0) is 48.0 Å². The molecule has 0 saturated heterocycles. The maximum atomic E-state index is 10.2. The lowest BCUT2D eigenvalue weighted by Crippen LogP contribution is -3.17. The maximum Gasteiger partial charge on any atom is 0.0819 e. The molecule has 0 aliphatic carbocycles. The molecule has 4 nitrogen and oxygen atoms in total. The first-order valence-electron chi connectivity index (χ1n) is 6.95. The maximum absolute atomic E-state index is 10.2. The van der Waals surface area contributed by atoms with E-state index in [1.807, 2.05) is 6.92 Å². The molecule has 0 saturated carbocycles. The summed E-state index contributed by atoms with van der Waals surface area (Å²) in [4.78, 5) is 11.9. The van der Waals surface area contributed by atoms with Crippen molar-refractivity contribution >= 4 is 5.97 Å². The molecule has 0 spiro atoms. The highest BCUT2D eigenvalue weighted by Crippen LogP contribution is 2.05. The van der Waals surface area contributed by atoms with Crippen LogP contribution >= 0.6 is 0 Å². The van der Waals surface area contributed by atoms with Gasteiger partial charge >= 0.3 is 0 Å². The topological polar surface area (TPSA) is 70.6 Å². The first kappa shape index (κ1) is 19.7. The number of quaternary nitrogens is 1. The quantitative estimate of drug-likeness (QED) is 0.704. The Morgan fingerprint density at radius 1 is 1.22 bits per heavy atom. The minimum Gasteiger partial charge on any atom is -0.548 e. The van der Waals surface area contributed by atoms with Crippen molar-refractivity contribution in [3.63, 3.8) is 0 Å². The number of carboxylic acid groups (broad SMARTS) is 1. The van der Waals surface area contributed by atoms with Crippen LogP contribution in [0.2, 0.25) is 0 Å². The van der Waals surface area contributed by atoms with E-state index in [-0.39, 0.29) is 0 Å². The van der Waals surface area contributed by atoms with E-state index in [4.69, 9.17) is 5.73 Å². The number of hydrogen-bond donors (Lipinski definition) is 2. The molecule has 1 atom stereocenters. The van der Waals surface area contributed by atoms with Crippen molar-refractivity contribution in [3.8, 4) is 0 Å². The molecule has 0 aromatic heterocycles. The van der Waals surface area contributed by atoms with Crippen LogP contribution in [0.5, 0.6) is 0 Å². The Bertz CT molecular complexity index is 218. The number of rotatable bonds is 6. The summed E-state index contributed by atoms with van der Waals surface area (Å²) >= 11 is 0. The second-order valence-electron chi connectivity index (χ2n) is 5.69. The second-order valence-corrected chi connectivity index (χ2v) is 5.69. The van der Waals surface area contributed by atoms with Gasteiger partial charge in [0, 0.05) is 0 Å². The predicted octanol–water partition coefficient (Wildman–Crippen LogP) is -0.0382. The van der Waals surface area contributed by atoms with Gasteiger partial charge in [-0.3, -0.25) is 0 Å². The number of carbonyl (C=O) groups is 1. The molecule has 0 fully saturated rings. The zero-order valence-electron chi connectivity index (χ0n) is 13.2. The SMILES string of the molecule is CCCC(C)(N)C(=O)[O-].CC[NH+](C(C)C)C(C)C. The summed E-state index contributed by atoms with van der Waals surface area (Å²) in [5.41, 5.74) is 4.16. The minimum atomic E-state index is -1.18. The number of carboxylic acids is 1. The zero-order valence-corrected chi connectivity index (χ0v) is 13.2. The van der Waals surface area contributed by atoms with Crippen molar-refractivity contribution in [2.75, 3.05) is 6.54 Å². The van der Waals surface area contributed by atoms with Crippen molar-refractivity contribution in [2.45, 2.75) is 78.9 Å². The van der Waals surface area contributed by atoms with Crippen molar-refractivity contribution in [1.29, 1.82) is 0 Å². The number of aliphatic carboxylic acids is 1. The molecule has 0 aliphatic heterocycles. The molecule has 0 amide bonds. The second kappa shape index (κ2) is 9.34. The molecular formula is C14H32N2O2. The van der Waals surface area contributed by atoms with Crippen LogP contribution in [0.4, 0.5) is 0 Å². The van der Waals surface area contributed by atoms with Crippen LogP contribution in [0.3, 0.4) is 0 Å². The third kappa shape index (κ3) is 8.48. The Labute approximate surface area is 113 Å². The summed E-state index contributed by atoms with van der Waals surface area (Å²) in [5.74, 6) is -1.18. The van der Waals surface area contributed by atoms with Gasteiger partial charge in [-0.2, -0.15) is 0 Å². The summed E-state index contributed by atoms with van der Waals surface area (Å²) in [5, 5.41) is 10.2. The van der Waals surface area contributed by atoms with Crippen LogP contribution in [-0.4, -0.2) is 30.1 Å². The van der Waals surface area contributed by atoms with Crippen molar-refractivity contribution in [1.82, 2.24) is 0 Å². The Morgan fingerprint density at radius 3 is 1.67 bits per heavy atom. The summed E-state index contributed by atoms with van der Waals surface area (Å²) in [6.07, 6.45) is 1.23. The Morgan fingerprint density at radius 2 is 1.61 bits per heavy atom. The zero-order chi connectivity index (χ0) is 14.9. The predicted molar refractivity (Wildman–Crippen MR) is 74.3 cm³/mol. The molecule has 18 heavy (non-hydrogen) atoms. The van der Waals surface area contributed by atoms with E-state index in [1.54, 1.807) is 4.90 Å². The Balaban J connectivity index is 0. The normalized spacial score (nSPS) is 14.4. The summed E-state index contributed by atoms with van der Waals surface area (Å²) in [6, 6.07) is 1.55. The van der Waals surface area contributed by atoms with Crippen molar-refractivity contribution < 1.29 is 14.8 Å². The van der Waals surface area contributed by atoms with E-state index in [9.17, 15) is 9.90 Å². The van der Waals surface area contributed by atoms with Gasteiger partial charge in [-0.1, -0.05) is 13.3 Å². The highest BCUT2D eigenvalue weighted by molar-refractivity contribution is 5.75. The molecule has 3 N–H and O–H groups in total. The molecular weight excluding hydrogens is 228 g/mol.